The minimum Gasteiger partial charge on any atom is -0.321 e. The predicted octanol–water partition coefficient (Wildman–Crippen LogP) is 4.75. The molecule has 6 heteroatoms. The summed E-state index contributed by atoms with van der Waals surface area (Å²) in [5, 5.41) is 0.532. The molecule has 0 unspecified atom stereocenters. The Labute approximate surface area is 169 Å². The van der Waals surface area contributed by atoms with Crippen LogP contribution in [-0.4, -0.2) is 16.2 Å². The Morgan fingerprint density at radius 2 is 1.68 bits per heavy atom. The third kappa shape index (κ3) is 3.82. The molecule has 0 amide bonds. The number of halogens is 2. The molecule has 1 heterocycles. The predicted molar refractivity (Wildman–Crippen MR) is 113 cm³/mol. The number of aromatic nitrogens is 2. The van der Waals surface area contributed by atoms with E-state index in [0.717, 1.165) is 16.5 Å². The molecule has 3 aromatic carbocycles. The second-order valence-electron chi connectivity index (χ2n) is 6.38. The molecule has 4 nitrogen and oxygen atoms in total. The van der Waals surface area contributed by atoms with Crippen LogP contribution in [0.2, 0.25) is 0 Å². The van der Waals surface area contributed by atoms with Crippen molar-refractivity contribution in [3.05, 3.63) is 99.0 Å². The summed E-state index contributed by atoms with van der Waals surface area (Å²) >= 11 is 3.43. The highest BCUT2D eigenvalue weighted by Crippen LogP contribution is 2.19. The Hall–Kier alpha value is -2.99. The van der Waals surface area contributed by atoms with Crippen molar-refractivity contribution in [2.45, 2.75) is 6.42 Å². The van der Waals surface area contributed by atoms with Gasteiger partial charge in [-0.1, -0.05) is 40.2 Å². The summed E-state index contributed by atoms with van der Waals surface area (Å²) in [6.45, 7) is 0.551. The van der Waals surface area contributed by atoms with Crippen molar-refractivity contribution < 1.29 is 4.39 Å². The van der Waals surface area contributed by atoms with Crippen LogP contribution in [0.3, 0.4) is 0 Å². The molecular formula is C22H17BrFN3O. The third-order valence-corrected chi connectivity index (χ3v) is 5.00. The summed E-state index contributed by atoms with van der Waals surface area (Å²) in [4.78, 5) is 17.7. The van der Waals surface area contributed by atoms with E-state index in [4.69, 9.17) is 0 Å². The lowest BCUT2D eigenvalue weighted by molar-refractivity contribution is 0.628. The van der Waals surface area contributed by atoms with E-state index in [0.29, 0.717) is 28.8 Å². The highest BCUT2D eigenvalue weighted by molar-refractivity contribution is 9.10. The van der Waals surface area contributed by atoms with Crippen molar-refractivity contribution in [2.24, 2.45) is 0 Å². The molecule has 0 fully saturated rings. The van der Waals surface area contributed by atoms with Crippen LogP contribution in [0.5, 0.6) is 0 Å². The third-order valence-electron chi connectivity index (χ3n) is 4.47. The second kappa shape index (κ2) is 7.94. The molecule has 0 saturated heterocycles. The van der Waals surface area contributed by atoms with E-state index >= 15 is 0 Å². The maximum absolute atomic E-state index is 13.3. The minimum atomic E-state index is -0.332. The van der Waals surface area contributed by atoms with Gasteiger partial charge >= 0.3 is 0 Å². The zero-order valence-corrected chi connectivity index (χ0v) is 16.5. The van der Waals surface area contributed by atoms with Crippen LogP contribution in [-0.2, 0) is 6.42 Å². The van der Waals surface area contributed by atoms with Crippen molar-refractivity contribution >= 4 is 26.8 Å². The van der Waals surface area contributed by atoms with Crippen molar-refractivity contribution in [1.29, 1.82) is 0 Å². The lowest BCUT2D eigenvalue weighted by Gasteiger charge is -2.15. The van der Waals surface area contributed by atoms with Crippen LogP contribution in [0.1, 0.15) is 5.56 Å². The number of hydrogen-bond donors (Lipinski definition) is 1. The summed E-state index contributed by atoms with van der Waals surface area (Å²) in [7, 11) is 0. The van der Waals surface area contributed by atoms with Crippen LogP contribution < -0.4 is 11.0 Å². The van der Waals surface area contributed by atoms with E-state index in [-0.39, 0.29) is 11.4 Å². The average Bonchev–Trinajstić information content (AvgIpc) is 2.71. The SMILES string of the molecule is O=c1c2ccccc2nc(-c2ccc(F)cc2)n1NCCc1ccc(Br)cc1. The van der Waals surface area contributed by atoms with Crippen molar-refractivity contribution in [2.75, 3.05) is 12.0 Å². The lowest BCUT2D eigenvalue weighted by Crippen LogP contribution is -2.32. The van der Waals surface area contributed by atoms with Gasteiger partial charge in [0.05, 0.1) is 10.9 Å². The lowest BCUT2D eigenvalue weighted by atomic mass is 10.1. The molecule has 0 aliphatic rings. The fourth-order valence-corrected chi connectivity index (χ4v) is 3.30. The van der Waals surface area contributed by atoms with E-state index in [1.54, 1.807) is 24.3 Å². The first kappa shape index (κ1) is 18.4. The summed E-state index contributed by atoms with van der Waals surface area (Å²) in [5.74, 6) is 0.126. The van der Waals surface area contributed by atoms with Gasteiger partial charge < -0.3 is 5.43 Å². The zero-order valence-electron chi connectivity index (χ0n) is 14.9. The van der Waals surface area contributed by atoms with Gasteiger partial charge in [0.2, 0.25) is 0 Å². The molecule has 0 aliphatic heterocycles. The monoisotopic (exact) mass is 437 g/mol. The molecule has 28 heavy (non-hydrogen) atoms. The quantitative estimate of drug-likeness (QED) is 0.489. The molecule has 4 rings (SSSR count). The number of nitrogens with one attached hydrogen (secondary N) is 1. The molecule has 0 bridgehead atoms. The van der Waals surface area contributed by atoms with Gasteiger partial charge in [-0.3, -0.25) is 4.79 Å². The Kier molecular flexibility index (Phi) is 5.21. The van der Waals surface area contributed by atoms with E-state index in [1.165, 1.54) is 16.8 Å². The van der Waals surface area contributed by atoms with Gasteiger partial charge in [0.25, 0.3) is 5.56 Å². The fourth-order valence-electron chi connectivity index (χ4n) is 3.04. The largest absolute Gasteiger partial charge is 0.321 e. The molecule has 0 saturated carbocycles. The van der Waals surface area contributed by atoms with E-state index < -0.39 is 0 Å². The Bertz CT molecular complexity index is 1170. The first-order valence-electron chi connectivity index (χ1n) is 8.88. The second-order valence-corrected chi connectivity index (χ2v) is 7.30. The molecule has 0 atom stereocenters. The van der Waals surface area contributed by atoms with Gasteiger partial charge in [0.15, 0.2) is 5.82 Å². The summed E-state index contributed by atoms with van der Waals surface area (Å²) < 4.78 is 15.8. The van der Waals surface area contributed by atoms with Crippen molar-refractivity contribution in [3.63, 3.8) is 0 Å². The van der Waals surface area contributed by atoms with E-state index in [2.05, 4.69) is 26.3 Å². The number of benzene rings is 3. The molecule has 1 aromatic heterocycles. The van der Waals surface area contributed by atoms with Crippen LogP contribution in [0, 0.1) is 5.82 Å². The maximum atomic E-state index is 13.3. The summed E-state index contributed by atoms with van der Waals surface area (Å²) in [5.41, 5.74) is 5.44. The molecule has 1 N–H and O–H groups in total. The topological polar surface area (TPSA) is 46.9 Å². The Morgan fingerprint density at radius 3 is 2.43 bits per heavy atom. The van der Waals surface area contributed by atoms with Gasteiger partial charge in [0.1, 0.15) is 5.82 Å². The fraction of sp³-hybridized carbons (Fsp3) is 0.0909. The maximum Gasteiger partial charge on any atom is 0.280 e. The van der Waals surface area contributed by atoms with Gasteiger partial charge in [-0.2, -0.15) is 0 Å². The molecular weight excluding hydrogens is 421 g/mol. The van der Waals surface area contributed by atoms with E-state index in [9.17, 15) is 9.18 Å². The molecule has 0 radical (unpaired) electrons. The standard InChI is InChI=1S/C22H17BrFN3O/c23-17-9-5-15(6-10-17)13-14-25-27-21(16-7-11-18(24)12-8-16)26-20-4-2-1-3-19(20)22(27)28/h1-12,25H,13-14H2. The number of para-hydroxylation sites is 1. The highest BCUT2D eigenvalue weighted by atomic mass is 79.9. The van der Waals surface area contributed by atoms with Gasteiger partial charge in [-0.15, -0.1) is 0 Å². The van der Waals surface area contributed by atoms with Gasteiger partial charge in [0, 0.05) is 16.6 Å². The minimum absolute atomic E-state index is 0.180. The smallest absolute Gasteiger partial charge is 0.280 e. The van der Waals surface area contributed by atoms with Crippen LogP contribution >= 0.6 is 15.9 Å². The molecule has 0 aliphatic carbocycles. The normalized spacial score (nSPS) is 10.9. The van der Waals surface area contributed by atoms with Gasteiger partial charge in [-0.05, 0) is 60.5 Å². The first-order chi connectivity index (χ1) is 13.6. The van der Waals surface area contributed by atoms with Crippen LogP contribution in [0.4, 0.5) is 4.39 Å². The summed E-state index contributed by atoms with van der Waals surface area (Å²) in [6, 6.07) is 21.2. The molecule has 0 spiro atoms. The number of fused-ring (bicyclic) bond motifs is 1. The van der Waals surface area contributed by atoms with E-state index in [1.807, 2.05) is 36.4 Å². The Balaban J connectivity index is 1.71. The van der Waals surface area contributed by atoms with Gasteiger partial charge in [-0.25, -0.2) is 14.1 Å². The van der Waals surface area contributed by atoms with Crippen molar-refractivity contribution in [3.8, 4) is 11.4 Å². The Morgan fingerprint density at radius 1 is 0.964 bits per heavy atom. The zero-order chi connectivity index (χ0) is 19.5. The average molecular weight is 438 g/mol. The number of hydrogen-bond acceptors (Lipinski definition) is 3. The molecule has 140 valence electrons. The highest BCUT2D eigenvalue weighted by Gasteiger charge is 2.12. The first-order valence-corrected chi connectivity index (χ1v) is 9.67. The van der Waals surface area contributed by atoms with Crippen molar-refractivity contribution in [1.82, 2.24) is 9.66 Å². The van der Waals surface area contributed by atoms with Crippen LogP contribution in [0.25, 0.3) is 22.3 Å². The van der Waals surface area contributed by atoms with Crippen LogP contribution in [0.15, 0.2) is 82.1 Å². The molecule has 4 aromatic rings. The number of nitrogens with zero attached hydrogens (tertiary/aromatic N) is 2. The summed E-state index contributed by atoms with van der Waals surface area (Å²) in [6.07, 6.45) is 0.745. The number of rotatable bonds is 5.